The predicted octanol–water partition coefficient (Wildman–Crippen LogP) is 1.26. The third-order valence-electron chi connectivity index (χ3n) is 2.19. The number of rotatable bonds is 3. The van der Waals surface area contributed by atoms with Crippen LogP contribution in [0.5, 0.6) is 5.88 Å². The highest BCUT2D eigenvalue weighted by Gasteiger charge is 2.48. The number of hydrogen-bond acceptors (Lipinski definition) is 5. The second-order valence-electron chi connectivity index (χ2n) is 3.51. The third kappa shape index (κ3) is 2.39. The molecule has 2 aromatic rings. The van der Waals surface area contributed by atoms with Crippen molar-refractivity contribution in [3.05, 3.63) is 30.1 Å². The van der Waals surface area contributed by atoms with Gasteiger partial charge in [0.2, 0.25) is 5.88 Å². The average Bonchev–Trinajstić information content (AvgIpc) is 2.69. The van der Waals surface area contributed by atoms with Crippen LogP contribution in [0.25, 0.3) is 5.65 Å². The third-order valence-corrected chi connectivity index (χ3v) is 3.15. The maximum Gasteiger partial charge on any atom is 0.534 e. The fraction of sp³-hybridized carbons (Fsp3) is 0.111. The lowest BCUT2D eigenvalue weighted by Crippen LogP contribution is -2.28. The summed E-state index contributed by atoms with van der Waals surface area (Å²) >= 11 is 0. The van der Waals surface area contributed by atoms with Crippen molar-refractivity contribution in [2.45, 2.75) is 5.51 Å². The van der Waals surface area contributed by atoms with Crippen molar-refractivity contribution in [1.82, 2.24) is 9.38 Å². The van der Waals surface area contributed by atoms with Gasteiger partial charge in [0, 0.05) is 18.5 Å². The highest BCUT2D eigenvalue weighted by Crippen LogP contribution is 2.26. The molecule has 108 valence electrons. The molecule has 0 atom stereocenters. The van der Waals surface area contributed by atoms with Gasteiger partial charge in [-0.05, 0) is 6.07 Å². The van der Waals surface area contributed by atoms with E-state index in [4.69, 9.17) is 5.11 Å². The largest absolute Gasteiger partial charge is 0.534 e. The van der Waals surface area contributed by atoms with Crippen molar-refractivity contribution < 1.29 is 35.7 Å². The van der Waals surface area contributed by atoms with Crippen LogP contribution in [0.1, 0.15) is 10.4 Å². The Morgan fingerprint density at radius 1 is 1.30 bits per heavy atom. The molecule has 0 fully saturated rings. The number of halogens is 3. The number of aromatic carboxylic acids is 1. The van der Waals surface area contributed by atoms with Crippen LogP contribution >= 0.6 is 0 Å². The van der Waals surface area contributed by atoms with Gasteiger partial charge in [0.1, 0.15) is 5.56 Å². The summed E-state index contributed by atoms with van der Waals surface area (Å²) in [5.41, 5.74) is -6.15. The topological polar surface area (TPSA) is 98.0 Å². The maximum atomic E-state index is 12.1. The summed E-state index contributed by atoms with van der Waals surface area (Å²) in [7, 11) is -5.85. The first kappa shape index (κ1) is 14.1. The SMILES string of the molecule is O=C(O)c1ccn2ccc(OS(=O)(=O)C(F)(F)F)nc12. The van der Waals surface area contributed by atoms with Crippen LogP contribution in [0.3, 0.4) is 0 Å². The van der Waals surface area contributed by atoms with E-state index in [1.807, 2.05) is 0 Å². The molecule has 11 heteroatoms. The molecule has 2 aromatic heterocycles. The minimum absolute atomic E-state index is 0.243. The van der Waals surface area contributed by atoms with Gasteiger partial charge in [-0.2, -0.15) is 26.6 Å². The lowest BCUT2D eigenvalue weighted by atomic mass is 10.3. The van der Waals surface area contributed by atoms with Crippen molar-refractivity contribution in [3.8, 4) is 5.88 Å². The van der Waals surface area contributed by atoms with Gasteiger partial charge < -0.3 is 13.7 Å². The van der Waals surface area contributed by atoms with E-state index < -0.39 is 27.5 Å². The number of fused-ring (bicyclic) bond motifs is 1. The Hall–Kier alpha value is -2.30. The summed E-state index contributed by atoms with van der Waals surface area (Å²) in [6, 6.07) is 2.02. The molecular formula is C9H5F3N2O5S. The molecule has 0 amide bonds. The number of carboxylic acids is 1. The summed E-state index contributed by atoms with van der Waals surface area (Å²) < 4.78 is 63.0. The predicted molar refractivity (Wildman–Crippen MR) is 57.8 cm³/mol. The molecule has 2 rings (SSSR count). The van der Waals surface area contributed by atoms with Gasteiger partial charge in [-0.15, -0.1) is 0 Å². The quantitative estimate of drug-likeness (QED) is 0.677. The van der Waals surface area contributed by atoms with Gasteiger partial charge in [-0.25, -0.2) is 4.79 Å². The van der Waals surface area contributed by atoms with E-state index in [-0.39, 0.29) is 11.2 Å². The molecule has 0 aliphatic heterocycles. The van der Waals surface area contributed by atoms with Crippen LogP contribution < -0.4 is 4.18 Å². The zero-order valence-corrected chi connectivity index (χ0v) is 10.1. The van der Waals surface area contributed by atoms with Crippen molar-refractivity contribution in [1.29, 1.82) is 0 Å². The first-order valence-electron chi connectivity index (χ1n) is 4.83. The van der Waals surface area contributed by atoms with E-state index in [0.717, 1.165) is 18.3 Å². The lowest BCUT2D eigenvalue weighted by molar-refractivity contribution is -0.0501. The Bertz CT molecular complexity index is 780. The zero-order chi connectivity index (χ0) is 15.1. The van der Waals surface area contributed by atoms with Crippen molar-refractivity contribution in [2.24, 2.45) is 0 Å². The van der Waals surface area contributed by atoms with Crippen molar-refractivity contribution in [3.63, 3.8) is 0 Å². The lowest BCUT2D eigenvalue weighted by Gasteiger charge is -2.08. The molecule has 0 aromatic carbocycles. The van der Waals surface area contributed by atoms with Gasteiger partial charge in [0.25, 0.3) is 0 Å². The standard InChI is InChI=1S/C9H5F3N2O5S/c10-9(11,12)20(17,18)19-6-2-4-14-3-1-5(8(15)16)7(14)13-6/h1-4H,(H,15,16). The first-order chi connectivity index (χ1) is 9.12. The van der Waals surface area contributed by atoms with Gasteiger partial charge in [-0.3, -0.25) is 0 Å². The van der Waals surface area contributed by atoms with E-state index in [2.05, 4.69) is 9.17 Å². The monoisotopic (exact) mass is 310 g/mol. The summed E-state index contributed by atoms with van der Waals surface area (Å²) in [5, 5.41) is 8.83. The molecule has 0 saturated heterocycles. The summed E-state index contributed by atoms with van der Waals surface area (Å²) in [6.45, 7) is 0. The molecule has 1 N–H and O–H groups in total. The van der Waals surface area contributed by atoms with E-state index in [0.29, 0.717) is 0 Å². The van der Waals surface area contributed by atoms with Crippen LogP contribution in [0.15, 0.2) is 24.5 Å². The van der Waals surface area contributed by atoms with Gasteiger partial charge in [-0.1, -0.05) is 0 Å². The number of carboxylic acid groups (broad SMARTS) is 1. The minimum Gasteiger partial charge on any atom is -0.478 e. The Balaban J connectivity index is 2.47. The second kappa shape index (κ2) is 4.37. The molecule has 7 nitrogen and oxygen atoms in total. The van der Waals surface area contributed by atoms with Gasteiger partial charge in [0.05, 0.1) is 0 Å². The average molecular weight is 310 g/mol. The van der Waals surface area contributed by atoms with E-state index in [1.165, 1.54) is 10.6 Å². The molecule has 2 heterocycles. The van der Waals surface area contributed by atoms with Crippen LogP contribution in [0.2, 0.25) is 0 Å². The van der Waals surface area contributed by atoms with Crippen LogP contribution in [0.4, 0.5) is 13.2 Å². The molecule has 0 aliphatic rings. The minimum atomic E-state index is -5.85. The number of nitrogens with zero attached hydrogens (tertiary/aromatic N) is 2. The highest BCUT2D eigenvalue weighted by atomic mass is 32.2. The summed E-state index contributed by atoms with van der Waals surface area (Å²) in [5.74, 6) is -2.24. The molecule has 0 saturated carbocycles. The van der Waals surface area contributed by atoms with Crippen LogP contribution in [-0.4, -0.2) is 34.4 Å². The van der Waals surface area contributed by atoms with E-state index >= 15 is 0 Å². The summed E-state index contributed by atoms with van der Waals surface area (Å²) in [6.07, 6.45) is 2.42. The smallest absolute Gasteiger partial charge is 0.478 e. The van der Waals surface area contributed by atoms with E-state index in [9.17, 15) is 26.4 Å². The second-order valence-corrected chi connectivity index (χ2v) is 5.05. The van der Waals surface area contributed by atoms with E-state index in [1.54, 1.807) is 0 Å². The number of hydrogen-bond donors (Lipinski definition) is 1. The Morgan fingerprint density at radius 2 is 1.90 bits per heavy atom. The Morgan fingerprint density at radius 3 is 2.45 bits per heavy atom. The Labute approximate surface area is 109 Å². The fourth-order valence-corrected chi connectivity index (χ4v) is 1.75. The molecule has 0 unspecified atom stereocenters. The molecule has 0 aliphatic carbocycles. The normalized spacial score (nSPS) is 12.6. The molecular weight excluding hydrogens is 305 g/mol. The number of aromatic nitrogens is 2. The van der Waals surface area contributed by atoms with Crippen LogP contribution in [0, 0.1) is 0 Å². The van der Waals surface area contributed by atoms with Gasteiger partial charge in [0.15, 0.2) is 5.65 Å². The maximum absolute atomic E-state index is 12.1. The molecule has 20 heavy (non-hydrogen) atoms. The first-order valence-corrected chi connectivity index (χ1v) is 6.24. The van der Waals surface area contributed by atoms with Crippen molar-refractivity contribution >= 4 is 21.7 Å². The summed E-state index contributed by atoms with van der Waals surface area (Å²) in [4.78, 5) is 14.3. The number of carbonyl (C=O) groups is 1. The van der Waals surface area contributed by atoms with Gasteiger partial charge >= 0.3 is 21.6 Å². The fourth-order valence-electron chi connectivity index (χ4n) is 1.34. The number of alkyl halides is 3. The highest BCUT2D eigenvalue weighted by molar-refractivity contribution is 7.87. The molecule has 0 bridgehead atoms. The van der Waals surface area contributed by atoms with Crippen molar-refractivity contribution in [2.75, 3.05) is 0 Å². The molecule has 0 spiro atoms. The van der Waals surface area contributed by atoms with Crippen LogP contribution in [-0.2, 0) is 10.1 Å². The zero-order valence-electron chi connectivity index (χ0n) is 9.33. The Kier molecular flexibility index (Phi) is 3.08. The molecule has 0 radical (unpaired) electrons.